The van der Waals surface area contributed by atoms with Gasteiger partial charge >= 0.3 is 0 Å². The van der Waals surface area contributed by atoms with Gasteiger partial charge in [0.25, 0.3) is 0 Å². The molecule has 0 fully saturated rings. The van der Waals surface area contributed by atoms with Crippen molar-refractivity contribution in [2.45, 2.75) is 33.4 Å². The van der Waals surface area contributed by atoms with E-state index in [0.29, 0.717) is 11.7 Å². The highest BCUT2D eigenvalue weighted by atomic mass is 16.5. The van der Waals surface area contributed by atoms with E-state index in [2.05, 4.69) is 20.6 Å². The molecule has 25 heavy (non-hydrogen) atoms. The second kappa shape index (κ2) is 7.29. The SMILES string of the molecule is Cc1cnn(CC(=O)N[C@@H](c2nc(-c3ccccc3)no2)C(C)C)c1. The molecule has 0 bridgehead atoms. The first-order valence-electron chi connectivity index (χ1n) is 8.20. The fraction of sp³-hybridized carbons (Fsp3) is 0.333. The van der Waals surface area contributed by atoms with Gasteiger partial charge in [0.2, 0.25) is 17.6 Å². The lowest BCUT2D eigenvalue weighted by Crippen LogP contribution is -2.34. The molecular formula is C18H21N5O2. The van der Waals surface area contributed by atoms with Crippen LogP contribution in [0.25, 0.3) is 11.4 Å². The van der Waals surface area contributed by atoms with Gasteiger partial charge in [0.05, 0.1) is 6.20 Å². The number of rotatable bonds is 6. The Hall–Kier alpha value is -2.96. The number of aryl methyl sites for hydroxylation is 1. The van der Waals surface area contributed by atoms with Crippen LogP contribution in [0.3, 0.4) is 0 Å². The molecule has 1 aromatic carbocycles. The Balaban J connectivity index is 1.73. The zero-order chi connectivity index (χ0) is 17.8. The van der Waals surface area contributed by atoms with Crippen molar-refractivity contribution in [1.29, 1.82) is 0 Å². The Morgan fingerprint density at radius 3 is 2.68 bits per heavy atom. The van der Waals surface area contributed by atoms with Crippen molar-refractivity contribution in [3.63, 3.8) is 0 Å². The third kappa shape index (κ3) is 4.12. The minimum absolute atomic E-state index is 0.104. The molecule has 1 amide bonds. The number of hydrogen-bond donors (Lipinski definition) is 1. The molecule has 130 valence electrons. The third-order valence-electron chi connectivity index (χ3n) is 3.79. The Bertz CT molecular complexity index is 838. The number of benzene rings is 1. The van der Waals surface area contributed by atoms with Gasteiger partial charge in [-0.3, -0.25) is 9.48 Å². The van der Waals surface area contributed by atoms with Crippen LogP contribution in [-0.4, -0.2) is 25.8 Å². The number of carbonyl (C=O) groups excluding carboxylic acids is 1. The third-order valence-corrected chi connectivity index (χ3v) is 3.79. The lowest BCUT2D eigenvalue weighted by molar-refractivity contribution is -0.123. The standard InChI is InChI=1S/C18H21N5O2/c1-12(2)16(20-15(24)11-23-10-13(3)9-19-23)18-21-17(22-25-18)14-7-5-4-6-8-14/h4-10,12,16H,11H2,1-3H3,(H,20,24)/t16-/m1/s1. The lowest BCUT2D eigenvalue weighted by Gasteiger charge is -2.18. The summed E-state index contributed by atoms with van der Waals surface area (Å²) >= 11 is 0. The highest BCUT2D eigenvalue weighted by molar-refractivity contribution is 5.76. The van der Waals surface area contributed by atoms with Crippen molar-refractivity contribution in [3.05, 3.63) is 54.2 Å². The number of nitrogens with one attached hydrogen (secondary N) is 1. The fourth-order valence-electron chi connectivity index (χ4n) is 2.50. The maximum Gasteiger partial charge on any atom is 0.249 e. The van der Waals surface area contributed by atoms with Gasteiger partial charge in [-0.05, 0) is 18.4 Å². The minimum Gasteiger partial charge on any atom is -0.342 e. The number of nitrogens with zero attached hydrogens (tertiary/aromatic N) is 4. The normalized spacial score (nSPS) is 12.3. The molecule has 0 radical (unpaired) electrons. The van der Waals surface area contributed by atoms with Gasteiger partial charge < -0.3 is 9.84 Å². The fourth-order valence-corrected chi connectivity index (χ4v) is 2.50. The monoisotopic (exact) mass is 339 g/mol. The second-order valence-electron chi connectivity index (χ2n) is 6.33. The summed E-state index contributed by atoms with van der Waals surface area (Å²) in [7, 11) is 0. The summed E-state index contributed by atoms with van der Waals surface area (Å²) < 4.78 is 7.00. The van der Waals surface area contributed by atoms with Crippen LogP contribution < -0.4 is 5.32 Å². The number of hydrogen-bond acceptors (Lipinski definition) is 5. The molecular weight excluding hydrogens is 318 g/mol. The van der Waals surface area contributed by atoms with Crippen molar-refractivity contribution >= 4 is 5.91 Å². The first-order chi connectivity index (χ1) is 12.0. The number of amides is 1. The highest BCUT2D eigenvalue weighted by Crippen LogP contribution is 2.23. The van der Waals surface area contributed by atoms with Crippen molar-refractivity contribution in [1.82, 2.24) is 25.2 Å². The summed E-state index contributed by atoms with van der Waals surface area (Å²) in [4.78, 5) is 16.8. The van der Waals surface area contributed by atoms with Gasteiger partial charge in [0.15, 0.2) is 0 Å². The molecule has 0 aliphatic carbocycles. The highest BCUT2D eigenvalue weighted by Gasteiger charge is 2.25. The molecule has 0 aliphatic heterocycles. The van der Waals surface area contributed by atoms with E-state index in [1.165, 1.54) is 0 Å². The minimum atomic E-state index is -0.353. The maximum atomic E-state index is 12.3. The van der Waals surface area contributed by atoms with Crippen molar-refractivity contribution < 1.29 is 9.32 Å². The Labute approximate surface area is 146 Å². The zero-order valence-corrected chi connectivity index (χ0v) is 14.5. The van der Waals surface area contributed by atoms with Crippen LogP contribution in [0.1, 0.15) is 31.3 Å². The van der Waals surface area contributed by atoms with Gasteiger partial charge in [-0.15, -0.1) is 0 Å². The predicted molar refractivity (Wildman–Crippen MR) is 92.4 cm³/mol. The number of aromatic nitrogens is 4. The average molecular weight is 339 g/mol. The second-order valence-corrected chi connectivity index (χ2v) is 6.33. The van der Waals surface area contributed by atoms with E-state index in [1.54, 1.807) is 10.9 Å². The first-order valence-corrected chi connectivity index (χ1v) is 8.20. The van der Waals surface area contributed by atoms with Crippen LogP contribution in [-0.2, 0) is 11.3 Å². The zero-order valence-electron chi connectivity index (χ0n) is 14.5. The largest absolute Gasteiger partial charge is 0.342 e. The average Bonchev–Trinajstić information content (AvgIpc) is 3.22. The van der Waals surface area contributed by atoms with E-state index < -0.39 is 0 Å². The van der Waals surface area contributed by atoms with Crippen LogP contribution in [0.4, 0.5) is 0 Å². The Morgan fingerprint density at radius 2 is 2.04 bits per heavy atom. The quantitative estimate of drug-likeness (QED) is 0.746. The molecule has 0 unspecified atom stereocenters. The van der Waals surface area contributed by atoms with Gasteiger partial charge in [-0.1, -0.05) is 49.3 Å². The molecule has 1 atom stereocenters. The molecule has 0 saturated heterocycles. The van der Waals surface area contributed by atoms with Crippen LogP contribution in [0.15, 0.2) is 47.2 Å². The summed E-state index contributed by atoms with van der Waals surface area (Å²) in [6.45, 7) is 6.07. The summed E-state index contributed by atoms with van der Waals surface area (Å²) in [6, 6.07) is 9.24. The van der Waals surface area contributed by atoms with E-state index in [1.807, 2.05) is 57.3 Å². The molecule has 0 saturated carbocycles. The van der Waals surface area contributed by atoms with E-state index in [0.717, 1.165) is 11.1 Å². The molecule has 3 rings (SSSR count). The molecule has 0 aliphatic rings. The Morgan fingerprint density at radius 1 is 1.28 bits per heavy atom. The smallest absolute Gasteiger partial charge is 0.249 e. The Kier molecular flexibility index (Phi) is 4.92. The predicted octanol–water partition coefficient (Wildman–Crippen LogP) is 2.76. The summed E-state index contributed by atoms with van der Waals surface area (Å²) in [5.41, 5.74) is 1.89. The molecule has 7 nitrogen and oxygen atoms in total. The molecule has 1 N–H and O–H groups in total. The van der Waals surface area contributed by atoms with Crippen LogP contribution >= 0.6 is 0 Å². The van der Waals surface area contributed by atoms with Crippen molar-refractivity contribution in [2.75, 3.05) is 0 Å². The van der Waals surface area contributed by atoms with Gasteiger partial charge in [-0.25, -0.2) is 0 Å². The van der Waals surface area contributed by atoms with Gasteiger partial charge in [0.1, 0.15) is 12.6 Å². The summed E-state index contributed by atoms with van der Waals surface area (Å²) in [5.74, 6) is 0.866. The first kappa shape index (κ1) is 16.9. The summed E-state index contributed by atoms with van der Waals surface area (Å²) in [6.07, 6.45) is 3.54. The van der Waals surface area contributed by atoms with Crippen LogP contribution in [0, 0.1) is 12.8 Å². The van der Waals surface area contributed by atoms with Crippen molar-refractivity contribution in [3.8, 4) is 11.4 Å². The van der Waals surface area contributed by atoms with Gasteiger partial charge in [0, 0.05) is 11.8 Å². The van der Waals surface area contributed by atoms with Crippen molar-refractivity contribution in [2.24, 2.45) is 5.92 Å². The van der Waals surface area contributed by atoms with E-state index in [9.17, 15) is 4.79 Å². The van der Waals surface area contributed by atoms with E-state index in [4.69, 9.17) is 4.52 Å². The molecule has 7 heteroatoms. The number of carbonyl (C=O) groups is 1. The molecule has 0 spiro atoms. The van der Waals surface area contributed by atoms with E-state index in [-0.39, 0.29) is 24.4 Å². The molecule has 3 aromatic rings. The molecule has 2 aromatic heterocycles. The lowest BCUT2D eigenvalue weighted by atomic mass is 10.0. The summed E-state index contributed by atoms with van der Waals surface area (Å²) in [5, 5.41) is 11.1. The van der Waals surface area contributed by atoms with Crippen LogP contribution in [0.2, 0.25) is 0 Å². The maximum absolute atomic E-state index is 12.3. The topological polar surface area (TPSA) is 85.8 Å². The van der Waals surface area contributed by atoms with E-state index >= 15 is 0 Å². The van der Waals surface area contributed by atoms with Gasteiger partial charge in [-0.2, -0.15) is 10.1 Å². The van der Waals surface area contributed by atoms with Crippen LogP contribution in [0.5, 0.6) is 0 Å². The molecule has 2 heterocycles.